The Hall–Kier alpha value is -2.56. The highest BCUT2D eigenvalue weighted by molar-refractivity contribution is 5.82. The van der Waals surface area contributed by atoms with Crippen molar-refractivity contribution in [2.24, 2.45) is 11.8 Å². The number of hydrogen-bond donors (Lipinski definition) is 1. The zero-order valence-corrected chi connectivity index (χ0v) is 14.6. The molecule has 1 aromatic carbocycles. The van der Waals surface area contributed by atoms with Gasteiger partial charge in [0, 0.05) is 25.6 Å². The third-order valence-corrected chi connectivity index (χ3v) is 5.33. The molecular weight excluding hydrogens is 359 g/mol. The van der Waals surface area contributed by atoms with Gasteiger partial charge in [0.2, 0.25) is 11.8 Å². The topological polar surface area (TPSA) is 73.2 Å². The van der Waals surface area contributed by atoms with E-state index in [2.05, 4.69) is 5.32 Å². The Morgan fingerprint density at radius 3 is 2.63 bits per heavy atom. The van der Waals surface area contributed by atoms with Crippen molar-refractivity contribution in [2.45, 2.75) is 37.9 Å². The molecule has 0 radical (unpaired) electrons. The smallest absolute Gasteiger partial charge is 0.352 e. The summed E-state index contributed by atoms with van der Waals surface area (Å²) in [5.74, 6) is -0.899. The van der Waals surface area contributed by atoms with E-state index in [0.29, 0.717) is 37.9 Å². The highest BCUT2D eigenvalue weighted by Crippen LogP contribution is 2.30. The summed E-state index contributed by atoms with van der Waals surface area (Å²) in [6, 6.07) is 6.85. The van der Waals surface area contributed by atoms with Gasteiger partial charge < -0.3 is 10.2 Å². The van der Waals surface area contributed by atoms with Crippen molar-refractivity contribution in [2.75, 3.05) is 13.1 Å². The van der Waals surface area contributed by atoms with Crippen LogP contribution in [0.3, 0.4) is 0 Å². The van der Waals surface area contributed by atoms with Gasteiger partial charge in [-0.15, -0.1) is 0 Å². The van der Waals surface area contributed by atoms with Crippen LogP contribution in [0.5, 0.6) is 0 Å². The van der Waals surface area contributed by atoms with Crippen molar-refractivity contribution in [3.8, 4) is 6.07 Å². The largest absolute Gasteiger partial charge is 0.416 e. The fourth-order valence-corrected chi connectivity index (χ4v) is 3.76. The van der Waals surface area contributed by atoms with Gasteiger partial charge in [0.1, 0.15) is 5.92 Å². The lowest BCUT2D eigenvalue weighted by Crippen LogP contribution is -2.57. The first kappa shape index (κ1) is 19.2. The van der Waals surface area contributed by atoms with E-state index < -0.39 is 17.7 Å². The van der Waals surface area contributed by atoms with Crippen LogP contribution in [0.2, 0.25) is 0 Å². The molecule has 2 heterocycles. The third-order valence-electron chi connectivity index (χ3n) is 5.33. The van der Waals surface area contributed by atoms with Gasteiger partial charge >= 0.3 is 6.18 Å². The summed E-state index contributed by atoms with van der Waals surface area (Å²) >= 11 is 0. The predicted molar refractivity (Wildman–Crippen MR) is 90.1 cm³/mol. The van der Waals surface area contributed by atoms with Crippen molar-refractivity contribution >= 4 is 11.8 Å². The minimum absolute atomic E-state index is 0.000984. The van der Waals surface area contributed by atoms with E-state index in [1.807, 2.05) is 6.07 Å². The Morgan fingerprint density at radius 1 is 1.30 bits per heavy atom. The number of halogens is 3. The molecule has 144 valence electrons. The number of fused-ring (bicyclic) bond motifs is 1. The number of hydrogen-bond acceptors (Lipinski definition) is 3. The zero-order chi connectivity index (χ0) is 19.6. The molecule has 3 atom stereocenters. The van der Waals surface area contributed by atoms with Crippen LogP contribution in [0.25, 0.3) is 0 Å². The number of amides is 2. The number of piperidine rings is 2. The lowest BCUT2D eigenvalue weighted by molar-refractivity contribution is -0.138. The number of nitrogens with one attached hydrogen (secondary N) is 1. The van der Waals surface area contributed by atoms with Crippen LogP contribution < -0.4 is 5.32 Å². The van der Waals surface area contributed by atoms with Gasteiger partial charge in [-0.05, 0) is 42.9 Å². The summed E-state index contributed by atoms with van der Waals surface area (Å²) in [5, 5.41) is 11.9. The number of aryl methyl sites for hydroxylation is 1. The second kappa shape index (κ2) is 7.59. The summed E-state index contributed by atoms with van der Waals surface area (Å²) in [4.78, 5) is 26.0. The van der Waals surface area contributed by atoms with Gasteiger partial charge in [0.15, 0.2) is 0 Å². The van der Waals surface area contributed by atoms with E-state index in [0.717, 1.165) is 12.1 Å². The number of carbonyl (C=O) groups is 2. The Labute approximate surface area is 155 Å². The number of alkyl halides is 3. The maximum Gasteiger partial charge on any atom is 0.416 e. The molecule has 2 aliphatic heterocycles. The molecule has 0 aromatic heterocycles. The first-order valence-corrected chi connectivity index (χ1v) is 8.92. The van der Waals surface area contributed by atoms with Crippen molar-refractivity contribution in [1.82, 2.24) is 10.2 Å². The highest BCUT2D eigenvalue weighted by Gasteiger charge is 2.39. The standard InChI is InChI=1S/C19H20F3N3O2/c20-19(21,22)15-4-1-12(2-5-15)3-6-17(26)25-8-7-16-14(11-25)9-13(10-23)18(27)24-16/h1-2,4-5,13-14,16H,3,6-9,11H2,(H,24,27). The number of likely N-dealkylation sites (tertiary alicyclic amines) is 1. The summed E-state index contributed by atoms with van der Waals surface area (Å²) in [5.41, 5.74) is -0.0215. The van der Waals surface area contributed by atoms with Gasteiger partial charge in [0.25, 0.3) is 0 Å². The fourth-order valence-electron chi connectivity index (χ4n) is 3.76. The molecule has 0 bridgehead atoms. The molecule has 2 saturated heterocycles. The van der Waals surface area contributed by atoms with Gasteiger partial charge in [-0.1, -0.05) is 12.1 Å². The minimum Gasteiger partial charge on any atom is -0.352 e. The van der Waals surface area contributed by atoms with Crippen LogP contribution in [0.4, 0.5) is 13.2 Å². The lowest BCUT2D eigenvalue weighted by atomic mass is 9.80. The molecule has 27 heavy (non-hydrogen) atoms. The molecular formula is C19H20F3N3O2. The second-order valence-electron chi connectivity index (χ2n) is 7.12. The van der Waals surface area contributed by atoms with Gasteiger partial charge in [0.05, 0.1) is 11.6 Å². The Bertz CT molecular complexity index is 755. The average molecular weight is 379 g/mol. The molecule has 1 aromatic rings. The van der Waals surface area contributed by atoms with Crippen LogP contribution in [0.15, 0.2) is 24.3 Å². The number of nitrogens with zero attached hydrogens (tertiary/aromatic N) is 2. The van der Waals surface area contributed by atoms with E-state index in [4.69, 9.17) is 5.26 Å². The molecule has 8 heteroatoms. The van der Waals surface area contributed by atoms with E-state index in [1.165, 1.54) is 12.1 Å². The highest BCUT2D eigenvalue weighted by atomic mass is 19.4. The van der Waals surface area contributed by atoms with Gasteiger partial charge in [-0.2, -0.15) is 18.4 Å². The van der Waals surface area contributed by atoms with E-state index in [-0.39, 0.29) is 30.2 Å². The first-order valence-electron chi connectivity index (χ1n) is 8.92. The average Bonchev–Trinajstić information content (AvgIpc) is 2.64. The molecule has 5 nitrogen and oxygen atoms in total. The number of benzene rings is 1. The Morgan fingerprint density at radius 2 is 2.00 bits per heavy atom. The normalized spacial score (nSPS) is 25.3. The Kier molecular flexibility index (Phi) is 5.40. The molecule has 2 amide bonds. The molecule has 1 N–H and O–H groups in total. The monoisotopic (exact) mass is 379 g/mol. The molecule has 0 saturated carbocycles. The van der Waals surface area contributed by atoms with E-state index in [1.54, 1.807) is 4.90 Å². The van der Waals surface area contributed by atoms with E-state index >= 15 is 0 Å². The molecule has 0 spiro atoms. The number of nitriles is 1. The lowest BCUT2D eigenvalue weighted by Gasteiger charge is -2.42. The SMILES string of the molecule is N#CC1CC2CN(C(=O)CCc3ccc(C(F)(F)F)cc3)CCC2NC1=O. The van der Waals surface area contributed by atoms with Crippen LogP contribution in [-0.2, 0) is 22.2 Å². The van der Waals surface area contributed by atoms with Crippen molar-refractivity contribution in [1.29, 1.82) is 5.26 Å². The van der Waals surface area contributed by atoms with Gasteiger partial charge in [-0.3, -0.25) is 9.59 Å². The van der Waals surface area contributed by atoms with Crippen LogP contribution in [0, 0.1) is 23.2 Å². The van der Waals surface area contributed by atoms with Gasteiger partial charge in [-0.25, -0.2) is 0 Å². The maximum atomic E-state index is 12.6. The third kappa shape index (κ3) is 4.41. The van der Waals surface area contributed by atoms with Crippen LogP contribution in [0.1, 0.15) is 30.4 Å². The molecule has 2 aliphatic rings. The summed E-state index contributed by atoms with van der Waals surface area (Å²) in [6.07, 6.45) is -2.67. The van der Waals surface area contributed by atoms with Crippen LogP contribution >= 0.6 is 0 Å². The zero-order valence-electron chi connectivity index (χ0n) is 14.6. The van der Waals surface area contributed by atoms with Crippen LogP contribution in [-0.4, -0.2) is 35.8 Å². The summed E-state index contributed by atoms with van der Waals surface area (Å²) in [6.45, 7) is 1.03. The summed E-state index contributed by atoms with van der Waals surface area (Å²) in [7, 11) is 0. The molecule has 0 aliphatic carbocycles. The number of rotatable bonds is 3. The fraction of sp³-hybridized carbons (Fsp3) is 0.526. The molecule has 3 rings (SSSR count). The minimum atomic E-state index is -4.37. The molecule has 2 fully saturated rings. The predicted octanol–water partition coefficient (Wildman–Crippen LogP) is 2.51. The summed E-state index contributed by atoms with van der Waals surface area (Å²) < 4.78 is 37.7. The van der Waals surface area contributed by atoms with Crippen molar-refractivity contribution in [3.63, 3.8) is 0 Å². The first-order chi connectivity index (χ1) is 12.8. The maximum absolute atomic E-state index is 12.6. The Balaban J connectivity index is 1.53. The second-order valence-corrected chi connectivity index (χ2v) is 7.12. The number of carbonyl (C=O) groups excluding carboxylic acids is 2. The van der Waals surface area contributed by atoms with Crippen molar-refractivity contribution < 1.29 is 22.8 Å². The van der Waals surface area contributed by atoms with E-state index in [9.17, 15) is 22.8 Å². The molecule has 3 unspecified atom stereocenters. The quantitative estimate of drug-likeness (QED) is 0.877. The van der Waals surface area contributed by atoms with Crippen molar-refractivity contribution in [3.05, 3.63) is 35.4 Å².